The molecule has 0 aromatic heterocycles. The Morgan fingerprint density at radius 1 is 1.37 bits per heavy atom. The third-order valence-corrected chi connectivity index (χ3v) is 3.60. The van der Waals surface area contributed by atoms with Gasteiger partial charge in [0.2, 0.25) is 0 Å². The minimum atomic E-state index is -0.564. The Labute approximate surface area is 111 Å². The number of nitrogens with one attached hydrogen (secondary N) is 1. The van der Waals surface area contributed by atoms with Crippen LogP contribution in [0.5, 0.6) is 0 Å². The number of carbonyl (C=O) groups is 1. The van der Waals surface area contributed by atoms with E-state index < -0.39 is 11.7 Å². The highest BCUT2D eigenvalue weighted by Gasteiger charge is 2.20. The molecule has 0 saturated heterocycles. The van der Waals surface area contributed by atoms with Gasteiger partial charge < -0.3 is 16.2 Å². The van der Waals surface area contributed by atoms with E-state index in [-0.39, 0.29) is 11.7 Å². The van der Waals surface area contributed by atoms with Gasteiger partial charge in [-0.25, -0.2) is 4.39 Å². The molecule has 1 aliphatic carbocycles. The van der Waals surface area contributed by atoms with Gasteiger partial charge in [-0.3, -0.25) is 4.79 Å². The van der Waals surface area contributed by atoms with Crippen LogP contribution in [0.4, 0.5) is 10.1 Å². The molecule has 19 heavy (non-hydrogen) atoms. The maximum Gasteiger partial charge on any atom is 0.254 e. The number of rotatable bonds is 3. The van der Waals surface area contributed by atoms with Crippen LogP contribution in [0.15, 0.2) is 18.2 Å². The molecule has 1 saturated carbocycles. The Kier molecular flexibility index (Phi) is 4.37. The van der Waals surface area contributed by atoms with Crippen molar-refractivity contribution in [2.45, 2.75) is 31.8 Å². The predicted octanol–water partition coefficient (Wildman–Crippen LogP) is 1.69. The van der Waals surface area contributed by atoms with Crippen LogP contribution in [0.3, 0.4) is 0 Å². The molecule has 0 radical (unpaired) electrons. The van der Waals surface area contributed by atoms with Crippen LogP contribution in [0.25, 0.3) is 0 Å². The monoisotopic (exact) mass is 266 g/mol. The second kappa shape index (κ2) is 6.02. The molecule has 0 bridgehead atoms. The summed E-state index contributed by atoms with van der Waals surface area (Å²) >= 11 is 0. The van der Waals surface area contributed by atoms with Crippen molar-refractivity contribution in [2.75, 3.05) is 12.3 Å². The van der Waals surface area contributed by atoms with E-state index in [0.717, 1.165) is 25.7 Å². The molecule has 0 heterocycles. The summed E-state index contributed by atoms with van der Waals surface area (Å²) in [5.74, 6) is -0.641. The Morgan fingerprint density at radius 3 is 2.74 bits per heavy atom. The number of amides is 1. The zero-order valence-corrected chi connectivity index (χ0v) is 10.7. The van der Waals surface area contributed by atoms with Crippen LogP contribution in [0.2, 0.25) is 0 Å². The van der Waals surface area contributed by atoms with Gasteiger partial charge >= 0.3 is 0 Å². The fraction of sp³-hybridized carbons (Fsp3) is 0.500. The van der Waals surface area contributed by atoms with E-state index in [4.69, 9.17) is 5.73 Å². The van der Waals surface area contributed by atoms with E-state index in [0.29, 0.717) is 18.2 Å². The summed E-state index contributed by atoms with van der Waals surface area (Å²) in [4.78, 5) is 11.9. The smallest absolute Gasteiger partial charge is 0.254 e. The maximum absolute atomic E-state index is 13.5. The third-order valence-electron chi connectivity index (χ3n) is 3.60. The summed E-state index contributed by atoms with van der Waals surface area (Å²) in [6, 6.07) is 3.96. The van der Waals surface area contributed by atoms with Crippen molar-refractivity contribution in [3.05, 3.63) is 29.6 Å². The largest absolute Gasteiger partial charge is 0.399 e. The average Bonchev–Trinajstić information content (AvgIpc) is 2.40. The average molecular weight is 266 g/mol. The summed E-state index contributed by atoms with van der Waals surface area (Å²) in [7, 11) is 0. The van der Waals surface area contributed by atoms with E-state index in [1.54, 1.807) is 0 Å². The molecule has 0 spiro atoms. The topological polar surface area (TPSA) is 75.4 Å². The third kappa shape index (κ3) is 3.67. The quantitative estimate of drug-likeness (QED) is 0.729. The number of hydrogen-bond donors (Lipinski definition) is 3. The van der Waals surface area contributed by atoms with Crippen molar-refractivity contribution in [3.63, 3.8) is 0 Å². The fourth-order valence-corrected chi connectivity index (χ4v) is 2.40. The van der Waals surface area contributed by atoms with Gasteiger partial charge in [0.05, 0.1) is 11.7 Å². The van der Waals surface area contributed by atoms with Gasteiger partial charge in [0, 0.05) is 12.2 Å². The molecule has 0 unspecified atom stereocenters. The molecule has 1 amide bonds. The van der Waals surface area contributed by atoms with Crippen LogP contribution in [-0.4, -0.2) is 23.7 Å². The number of aliphatic hydroxyl groups excluding tert-OH is 1. The lowest BCUT2D eigenvalue weighted by atomic mass is 9.87. The van der Waals surface area contributed by atoms with Gasteiger partial charge in [0.15, 0.2) is 0 Å². The van der Waals surface area contributed by atoms with Crippen molar-refractivity contribution in [1.82, 2.24) is 5.32 Å². The van der Waals surface area contributed by atoms with Gasteiger partial charge in [0.1, 0.15) is 5.82 Å². The molecule has 1 aromatic carbocycles. The number of nitrogen functional groups attached to an aromatic ring is 1. The lowest BCUT2D eigenvalue weighted by Crippen LogP contribution is -2.32. The van der Waals surface area contributed by atoms with Crippen molar-refractivity contribution in [3.8, 4) is 0 Å². The number of anilines is 1. The first-order chi connectivity index (χ1) is 9.06. The minimum absolute atomic E-state index is 0.0177. The summed E-state index contributed by atoms with van der Waals surface area (Å²) in [5, 5.41) is 12.1. The van der Waals surface area contributed by atoms with E-state index >= 15 is 0 Å². The molecular formula is C14H19FN2O2. The highest BCUT2D eigenvalue weighted by Crippen LogP contribution is 2.23. The molecule has 4 nitrogen and oxygen atoms in total. The first-order valence-corrected chi connectivity index (χ1v) is 6.57. The number of aliphatic hydroxyl groups is 1. The normalized spacial score (nSPS) is 23.1. The predicted molar refractivity (Wildman–Crippen MR) is 71.1 cm³/mol. The minimum Gasteiger partial charge on any atom is -0.399 e. The fourth-order valence-electron chi connectivity index (χ4n) is 2.40. The first-order valence-electron chi connectivity index (χ1n) is 6.57. The molecule has 4 N–H and O–H groups in total. The molecule has 1 aliphatic rings. The van der Waals surface area contributed by atoms with E-state index in [1.807, 2.05) is 0 Å². The number of carbonyl (C=O) groups excluding carboxylic acids is 1. The summed E-state index contributed by atoms with van der Waals surface area (Å²) in [5.41, 5.74) is 5.90. The van der Waals surface area contributed by atoms with Crippen molar-refractivity contribution in [1.29, 1.82) is 0 Å². The SMILES string of the molecule is Nc1ccc(F)c(C(=O)NCC2CCC(O)CC2)c1. The highest BCUT2D eigenvalue weighted by atomic mass is 19.1. The molecule has 0 aliphatic heterocycles. The standard InChI is InChI=1S/C14H19FN2O2/c15-13-6-3-10(16)7-12(13)14(19)17-8-9-1-4-11(18)5-2-9/h3,6-7,9,11,18H,1-2,4-5,8,16H2,(H,17,19). The zero-order chi connectivity index (χ0) is 13.8. The Balaban J connectivity index is 1.89. The molecular weight excluding hydrogens is 247 g/mol. The summed E-state index contributed by atoms with van der Waals surface area (Å²) < 4.78 is 13.5. The van der Waals surface area contributed by atoms with Crippen molar-refractivity contribution < 1.29 is 14.3 Å². The van der Waals surface area contributed by atoms with E-state index in [2.05, 4.69) is 5.32 Å². The number of hydrogen-bond acceptors (Lipinski definition) is 3. The number of halogens is 1. The Bertz CT molecular complexity index is 457. The van der Waals surface area contributed by atoms with Crippen molar-refractivity contribution in [2.24, 2.45) is 5.92 Å². The Morgan fingerprint density at radius 2 is 2.05 bits per heavy atom. The number of nitrogens with two attached hydrogens (primary N) is 1. The Hall–Kier alpha value is -1.62. The molecule has 104 valence electrons. The van der Waals surface area contributed by atoms with Crippen LogP contribution in [-0.2, 0) is 0 Å². The van der Waals surface area contributed by atoms with Crippen LogP contribution in [0, 0.1) is 11.7 Å². The second-order valence-corrected chi connectivity index (χ2v) is 5.12. The second-order valence-electron chi connectivity index (χ2n) is 5.12. The van der Waals surface area contributed by atoms with Gasteiger partial charge in [0.25, 0.3) is 5.91 Å². The van der Waals surface area contributed by atoms with Crippen LogP contribution in [0.1, 0.15) is 36.0 Å². The van der Waals surface area contributed by atoms with E-state index in [9.17, 15) is 14.3 Å². The van der Waals surface area contributed by atoms with Gasteiger partial charge in [-0.15, -0.1) is 0 Å². The van der Waals surface area contributed by atoms with Crippen LogP contribution < -0.4 is 11.1 Å². The highest BCUT2D eigenvalue weighted by molar-refractivity contribution is 5.95. The molecule has 5 heteroatoms. The molecule has 0 atom stereocenters. The molecule has 1 fully saturated rings. The lowest BCUT2D eigenvalue weighted by molar-refractivity contribution is 0.0907. The summed E-state index contributed by atoms with van der Waals surface area (Å²) in [6.07, 6.45) is 3.11. The lowest BCUT2D eigenvalue weighted by Gasteiger charge is -2.25. The molecule has 2 rings (SSSR count). The van der Waals surface area contributed by atoms with E-state index in [1.165, 1.54) is 18.2 Å². The first kappa shape index (κ1) is 13.8. The van der Waals surface area contributed by atoms with Gasteiger partial charge in [-0.2, -0.15) is 0 Å². The molecule has 1 aromatic rings. The van der Waals surface area contributed by atoms with Crippen LogP contribution >= 0.6 is 0 Å². The zero-order valence-electron chi connectivity index (χ0n) is 10.7. The number of benzene rings is 1. The van der Waals surface area contributed by atoms with Gasteiger partial charge in [-0.1, -0.05) is 0 Å². The summed E-state index contributed by atoms with van der Waals surface area (Å²) in [6.45, 7) is 0.514. The maximum atomic E-state index is 13.5. The van der Waals surface area contributed by atoms with Gasteiger partial charge in [-0.05, 0) is 49.8 Å². The van der Waals surface area contributed by atoms with Crippen molar-refractivity contribution >= 4 is 11.6 Å².